The number of carbonyl (C=O) groups excluding carboxylic acids is 1. The van der Waals surface area contributed by atoms with Crippen LogP contribution in [0.4, 0.5) is 0 Å². The Bertz CT molecular complexity index is 131. The Labute approximate surface area is 61.6 Å². The molecule has 0 unspecified atom stereocenters. The van der Waals surface area contributed by atoms with Gasteiger partial charge in [-0.2, -0.15) is 0 Å². The molecule has 0 aromatic rings. The molecule has 0 heterocycles. The zero-order chi connectivity index (χ0) is 7.56. The van der Waals surface area contributed by atoms with Crippen LogP contribution in [0.1, 0.15) is 26.7 Å². The average molecular weight is 142 g/mol. The fraction of sp³-hybridized carbons (Fsp3) is 0.875. The van der Waals surface area contributed by atoms with Gasteiger partial charge in [0.1, 0.15) is 0 Å². The predicted octanol–water partition coefficient (Wildman–Crippen LogP) is 1.60. The SMILES string of the molecule is CCCOC(=O)[C@H]1C[C@@H]1C. The molecule has 0 spiro atoms. The number of esters is 1. The maximum Gasteiger partial charge on any atom is 0.309 e. The Morgan fingerprint density at radius 2 is 2.30 bits per heavy atom. The number of hydrogen-bond donors (Lipinski definition) is 0. The standard InChI is InChI=1S/C8H14O2/c1-3-4-10-8(9)7-5-6(7)2/h6-7H,3-5H2,1-2H3/t6-,7-/m0/s1. The van der Waals surface area contributed by atoms with E-state index in [4.69, 9.17) is 4.74 Å². The van der Waals surface area contributed by atoms with Crippen molar-refractivity contribution < 1.29 is 9.53 Å². The van der Waals surface area contributed by atoms with E-state index in [1.807, 2.05) is 6.92 Å². The van der Waals surface area contributed by atoms with E-state index in [0.29, 0.717) is 12.5 Å². The van der Waals surface area contributed by atoms with Gasteiger partial charge in [-0.15, -0.1) is 0 Å². The summed E-state index contributed by atoms with van der Waals surface area (Å²) in [4.78, 5) is 11.0. The molecule has 58 valence electrons. The second-order valence-corrected chi connectivity index (χ2v) is 2.99. The van der Waals surface area contributed by atoms with Gasteiger partial charge in [0.05, 0.1) is 12.5 Å². The highest BCUT2D eigenvalue weighted by molar-refractivity contribution is 5.75. The minimum absolute atomic E-state index is 0.00866. The lowest BCUT2D eigenvalue weighted by atomic mass is 10.3. The first-order valence-electron chi connectivity index (χ1n) is 3.92. The second kappa shape index (κ2) is 3.04. The van der Waals surface area contributed by atoms with Gasteiger partial charge in [-0.3, -0.25) is 4.79 Å². The van der Waals surface area contributed by atoms with E-state index in [0.717, 1.165) is 12.8 Å². The van der Waals surface area contributed by atoms with E-state index in [1.165, 1.54) is 0 Å². The lowest BCUT2D eigenvalue weighted by molar-refractivity contribution is -0.145. The monoisotopic (exact) mass is 142 g/mol. The van der Waals surface area contributed by atoms with E-state index >= 15 is 0 Å². The summed E-state index contributed by atoms with van der Waals surface area (Å²) in [6, 6.07) is 0. The molecule has 0 amide bonds. The first-order chi connectivity index (χ1) is 4.75. The maximum absolute atomic E-state index is 11.0. The van der Waals surface area contributed by atoms with Gasteiger partial charge in [0.2, 0.25) is 0 Å². The van der Waals surface area contributed by atoms with Crippen molar-refractivity contribution in [1.29, 1.82) is 0 Å². The van der Waals surface area contributed by atoms with Gasteiger partial charge in [-0.05, 0) is 18.8 Å². The Hall–Kier alpha value is -0.530. The number of carbonyl (C=O) groups is 1. The van der Waals surface area contributed by atoms with E-state index in [2.05, 4.69) is 6.92 Å². The molecule has 1 rings (SSSR count). The third-order valence-electron chi connectivity index (χ3n) is 1.86. The molecule has 10 heavy (non-hydrogen) atoms. The summed E-state index contributed by atoms with van der Waals surface area (Å²) >= 11 is 0. The summed E-state index contributed by atoms with van der Waals surface area (Å²) in [5.74, 6) is 0.810. The molecule has 0 radical (unpaired) electrons. The van der Waals surface area contributed by atoms with Gasteiger partial charge in [0.25, 0.3) is 0 Å². The molecular weight excluding hydrogens is 128 g/mol. The predicted molar refractivity (Wildman–Crippen MR) is 38.5 cm³/mol. The first-order valence-corrected chi connectivity index (χ1v) is 3.92. The van der Waals surface area contributed by atoms with Crippen LogP contribution in [0.25, 0.3) is 0 Å². The summed E-state index contributed by atoms with van der Waals surface area (Å²) in [5.41, 5.74) is 0. The molecule has 0 aromatic heterocycles. The van der Waals surface area contributed by atoms with Crippen molar-refractivity contribution in [3.8, 4) is 0 Å². The minimum Gasteiger partial charge on any atom is -0.465 e. The van der Waals surface area contributed by atoms with Crippen molar-refractivity contribution >= 4 is 5.97 Å². The van der Waals surface area contributed by atoms with E-state index in [1.54, 1.807) is 0 Å². The zero-order valence-corrected chi connectivity index (χ0v) is 6.59. The topological polar surface area (TPSA) is 26.3 Å². The van der Waals surface area contributed by atoms with E-state index in [9.17, 15) is 4.79 Å². The van der Waals surface area contributed by atoms with Crippen LogP contribution < -0.4 is 0 Å². The molecule has 0 bridgehead atoms. The minimum atomic E-state index is 0.00866. The molecular formula is C8H14O2. The smallest absolute Gasteiger partial charge is 0.309 e. The normalized spacial score (nSPS) is 29.8. The molecule has 2 atom stereocenters. The third kappa shape index (κ3) is 1.72. The molecule has 1 saturated carbocycles. The first kappa shape index (κ1) is 7.58. The van der Waals surface area contributed by atoms with Crippen LogP contribution in [0.3, 0.4) is 0 Å². The molecule has 0 aliphatic heterocycles. The fourth-order valence-corrected chi connectivity index (χ4v) is 0.960. The summed E-state index contributed by atoms with van der Waals surface area (Å²) in [7, 11) is 0. The molecule has 1 aliphatic carbocycles. The van der Waals surface area contributed by atoms with E-state index in [-0.39, 0.29) is 11.9 Å². The van der Waals surface area contributed by atoms with Crippen LogP contribution in [0, 0.1) is 11.8 Å². The van der Waals surface area contributed by atoms with Crippen molar-refractivity contribution in [1.82, 2.24) is 0 Å². The third-order valence-corrected chi connectivity index (χ3v) is 1.86. The van der Waals surface area contributed by atoms with Gasteiger partial charge >= 0.3 is 5.97 Å². The van der Waals surface area contributed by atoms with E-state index < -0.39 is 0 Å². The highest BCUT2D eigenvalue weighted by atomic mass is 16.5. The lowest BCUT2D eigenvalue weighted by Gasteiger charge is -1.99. The number of ether oxygens (including phenoxy) is 1. The van der Waals surface area contributed by atoms with Gasteiger partial charge in [-0.1, -0.05) is 13.8 Å². The quantitative estimate of drug-likeness (QED) is 0.559. The van der Waals surface area contributed by atoms with Crippen LogP contribution in [0.5, 0.6) is 0 Å². The summed E-state index contributed by atoms with van der Waals surface area (Å²) in [6.07, 6.45) is 1.95. The average Bonchev–Trinajstić information content (AvgIpc) is 2.62. The fourth-order valence-electron chi connectivity index (χ4n) is 0.960. The lowest BCUT2D eigenvalue weighted by Crippen LogP contribution is -2.07. The Kier molecular flexibility index (Phi) is 2.30. The Morgan fingerprint density at radius 3 is 2.70 bits per heavy atom. The summed E-state index contributed by atoms with van der Waals surface area (Å²) in [5, 5.41) is 0. The Morgan fingerprint density at radius 1 is 1.70 bits per heavy atom. The largest absolute Gasteiger partial charge is 0.465 e. The van der Waals surface area contributed by atoms with Gasteiger partial charge in [0.15, 0.2) is 0 Å². The second-order valence-electron chi connectivity index (χ2n) is 2.99. The van der Waals surface area contributed by atoms with Crippen LogP contribution in [-0.4, -0.2) is 12.6 Å². The van der Waals surface area contributed by atoms with Crippen LogP contribution in [-0.2, 0) is 9.53 Å². The van der Waals surface area contributed by atoms with Crippen molar-refractivity contribution in [3.05, 3.63) is 0 Å². The van der Waals surface area contributed by atoms with Gasteiger partial charge in [0, 0.05) is 0 Å². The molecule has 0 N–H and O–H groups in total. The van der Waals surface area contributed by atoms with Crippen molar-refractivity contribution in [2.24, 2.45) is 11.8 Å². The summed E-state index contributed by atoms with van der Waals surface area (Å²) < 4.78 is 4.95. The molecule has 2 nitrogen and oxygen atoms in total. The Balaban J connectivity index is 2.11. The van der Waals surface area contributed by atoms with Gasteiger partial charge < -0.3 is 4.74 Å². The molecule has 2 heteroatoms. The van der Waals surface area contributed by atoms with Crippen molar-refractivity contribution in [2.75, 3.05) is 6.61 Å². The van der Waals surface area contributed by atoms with Crippen LogP contribution in [0.15, 0.2) is 0 Å². The maximum atomic E-state index is 11.0. The van der Waals surface area contributed by atoms with Crippen molar-refractivity contribution in [2.45, 2.75) is 26.7 Å². The zero-order valence-electron chi connectivity index (χ0n) is 6.59. The number of rotatable bonds is 3. The highest BCUT2D eigenvalue weighted by Gasteiger charge is 2.40. The number of hydrogen-bond acceptors (Lipinski definition) is 2. The van der Waals surface area contributed by atoms with Gasteiger partial charge in [-0.25, -0.2) is 0 Å². The highest BCUT2D eigenvalue weighted by Crippen LogP contribution is 2.38. The molecule has 1 fully saturated rings. The molecule has 0 aromatic carbocycles. The molecule has 1 aliphatic rings. The van der Waals surface area contributed by atoms with Crippen LogP contribution in [0.2, 0.25) is 0 Å². The van der Waals surface area contributed by atoms with Crippen LogP contribution >= 0.6 is 0 Å². The molecule has 0 saturated heterocycles. The summed E-state index contributed by atoms with van der Waals surface area (Å²) in [6.45, 7) is 4.67. The van der Waals surface area contributed by atoms with Crippen molar-refractivity contribution in [3.63, 3.8) is 0 Å².